The summed E-state index contributed by atoms with van der Waals surface area (Å²) >= 11 is 1.27. The number of carbonyl (C=O) groups is 1. The molecule has 0 amide bonds. The first-order chi connectivity index (χ1) is 24.0. The van der Waals surface area contributed by atoms with E-state index in [0.717, 1.165) is 16.5 Å². The largest absolute Gasteiger partial charge is 0.463 e. The lowest BCUT2D eigenvalue weighted by Gasteiger charge is -2.25. The number of para-hydroxylation sites is 1. The van der Waals surface area contributed by atoms with Crippen LogP contribution in [0.25, 0.3) is 33.4 Å². The van der Waals surface area contributed by atoms with Crippen molar-refractivity contribution in [2.75, 3.05) is 6.61 Å². The standard InChI is InChI=1S/C41H30FN3O3S/c1-2-48-40(47)36-37(27-12-4-3-5-13-27)43-41-45(38(36)28-19-21-31(42)22-20-28)39(46)35(49-41)23-30-25-44(34-18-9-8-17-33(30)34)24-29-15-10-14-26-11-6-7-16-32(26)29/h3-23,25,38H,2,24H2,1H3/b35-23-/t38-/m1/s1. The van der Waals surface area contributed by atoms with Crippen LogP contribution in [0.15, 0.2) is 143 Å². The molecular formula is C41H30FN3O3S. The molecule has 7 aromatic rings. The van der Waals surface area contributed by atoms with Gasteiger partial charge in [0.25, 0.3) is 5.56 Å². The number of thiazole rings is 1. The second kappa shape index (κ2) is 12.6. The minimum Gasteiger partial charge on any atom is -0.463 e. The van der Waals surface area contributed by atoms with Gasteiger partial charge in [0.1, 0.15) is 5.82 Å². The van der Waals surface area contributed by atoms with Crippen molar-refractivity contribution < 1.29 is 13.9 Å². The maximum atomic E-state index is 14.4. The maximum absolute atomic E-state index is 14.4. The lowest BCUT2D eigenvalue weighted by molar-refractivity contribution is -0.138. The molecule has 8 rings (SSSR count). The van der Waals surface area contributed by atoms with Crippen LogP contribution in [0.1, 0.15) is 35.2 Å². The number of halogens is 1. The minimum absolute atomic E-state index is 0.147. The third-order valence-corrected chi connectivity index (χ3v) is 9.87. The number of hydrogen-bond donors (Lipinski definition) is 0. The second-order valence-electron chi connectivity index (χ2n) is 11.9. The fourth-order valence-electron chi connectivity index (χ4n) is 6.68. The molecule has 6 nitrogen and oxygen atoms in total. The molecule has 240 valence electrons. The van der Waals surface area contributed by atoms with Gasteiger partial charge < -0.3 is 9.30 Å². The zero-order chi connectivity index (χ0) is 33.5. The van der Waals surface area contributed by atoms with E-state index in [1.807, 2.05) is 54.6 Å². The van der Waals surface area contributed by atoms with Crippen molar-refractivity contribution in [1.29, 1.82) is 0 Å². The van der Waals surface area contributed by atoms with Gasteiger partial charge in [-0.15, -0.1) is 0 Å². The van der Waals surface area contributed by atoms with Crippen LogP contribution >= 0.6 is 11.3 Å². The monoisotopic (exact) mass is 663 g/mol. The predicted octanol–water partition coefficient (Wildman–Crippen LogP) is 7.23. The molecule has 0 aliphatic carbocycles. The molecule has 0 N–H and O–H groups in total. The maximum Gasteiger partial charge on any atom is 0.338 e. The van der Waals surface area contributed by atoms with E-state index >= 15 is 0 Å². The average Bonchev–Trinajstić information content (AvgIpc) is 3.64. The molecule has 5 aromatic carbocycles. The molecule has 2 aromatic heterocycles. The van der Waals surface area contributed by atoms with Crippen molar-refractivity contribution in [2.24, 2.45) is 4.99 Å². The van der Waals surface area contributed by atoms with Crippen LogP contribution in [-0.2, 0) is 16.1 Å². The fourth-order valence-corrected chi connectivity index (χ4v) is 7.67. The molecule has 1 atom stereocenters. The van der Waals surface area contributed by atoms with Crippen molar-refractivity contribution in [3.8, 4) is 0 Å². The number of hydrogen-bond acceptors (Lipinski definition) is 5. The molecule has 1 aliphatic rings. The topological polar surface area (TPSA) is 65.6 Å². The van der Waals surface area contributed by atoms with Gasteiger partial charge in [-0.05, 0) is 53.1 Å². The van der Waals surface area contributed by atoms with E-state index in [1.54, 1.807) is 19.1 Å². The normalized spacial score (nSPS) is 14.7. The number of benzene rings is 5. The number of ether oxygens (including phenoxy) is 1. The Hall–Kier alpha value is -5.86. The predicted molar refractivity (Wildman–Crippen MR) is 192 cm³/mol. The van der Waals surface area contributed by atoms with Gasteiger partial charge in [0.05, 0.1) is 28.5 Å². The first kappa shape index (κ1) is 30.5. The highest BCUT2D eigenvalue weighted by atomic mass is 32.1. The Bertz CT molecular complexity index is 2590. The lowest BCUT2D eigenvalue weighted by atomic mass is 9.93. The van der Waals surface area contributed by atoms with E-state index in [-0.39, 0.29) is 17.7 Å². The first-order valence-electron chi connectivity index (χ1n) is 16.1. The van der Waals surface area contributed by atoms with E-state index in [2.05, 4.69) is 59.3 Å². The van der Waals surface area contributed by atoms with Crippen LogP contribution in [0.4, 0.5) is 4.39 Å². The van der Waals surface area contributed by atoms with Crippen molar-refractivity contribution >= 4 is 50.8 Å². The Morgan fingerprint density at radius 1 is 0.878 bits per heavy atom. The highest BCUT2D eigenvalue weighted by Gasteiger charge is 2.35. The molecule has 0 spiro atoms. The first-order valence-corrected chi connectivity index (χ1v) is 16.9. The Balaban J connectivity index is 1.32. The van der Waals surface area contributed by atoms with Crippen LogP contribution < -0.4 is 14.9 Å². The molecule has 0 saturated heterocycles. The average molecular weight is 664 g/mol. The van der Waals surface area contributed by atoms with E-state index in [1.165, 1.54) is 44.4 Å². The molecule has 0 radical (unpaired) electrons. The molecule has 0 fully saturated rings. The summed E-state index contributed by atoms with van der Waals surface area (Å²) in [6.45, 7) is 2.54. The number of rotatable bonds is 7. The van der Waals surface area contributed by atoms with Gasteiger partial charge in [0.2, 0.25) is 0 Å². The zero-order valence-corrected chi connectivity index (χ0v) is 27.4. The summed E-state index contributed by atoms with van der Waals surface area (Å²) in [5.74, 6) is -0.994. The molecule has 0 saturated carbocycles. The Morgan fingerprint density at radius 2 is 1.59 bits per heavy atom. The number of nitrogens with zero attached hydrogens (tertiary/aromatic N) is 3. The lowest BCUT2D eigenvalue weighted by Crippen LogP contribution is -2.40. The summed E-state index contributed by atoms with van der Waals surface area (Å²) in [6, 6.07) is 37.3. The van der Waals surface area contributed by atoms with Gasteiger partial charge in [0.15, 0.2) is 4.80 Å². The SMILES string of the molecule is CCOC(=O)C1=C(c2ccccc2)N=c2s/c(=C\c3cn(Cc4cccc5ccccc45)c4ccccc34)c(=O)n2[C@@H]1c1ccc(F)cc1. The summed E-state index contributed by atoms with van der Waals surface area (Å²) < 4.78 is 23.9. The third-order valence-electron chi connectivity index (χ3n) is 8.89. The number of esters is 1. The van der Waals surface area contributed by atoms with E-state index < -0.39 is 17.8 Å². The van der Waals surface area contributed by atoms with Gasteiger partial charge in [-0.3, -0.25) is 9.36 Å². The summed E-state index contributed by atoms with van der Waals surface area (Å²) in [5, 5.41) is 3.40. The van der Waals surface area contributed by atoms with Crippen molar-refractivity contribution in [2.45, 2.75) is 19.5 Å². The Kier molecular flexibility index (Phi) is 7.86. The van der Waals surface area contributed by atoms with Crippen LogP contribution in [-0.4, -0.2) is 21.7 Å². The molecule has 49 heavy (non-hydrogen) atoms. The minimum atomic E-state index is -0.874. The van der Waals surface area contributed by atoms with E-state index in [4.69, 9.17) is 9.73 Å². The summed E-state index contributed by atoms with van der Waals surface area (Å²) in [4.78, 5) is 33.5. The van der Waals surface area contributed by atoms with E-state index in [9.17, 15) is 14.0 Å². The van der Waals surface area contributed by atoms with Gasteiger partial charge in [0, 0.05) is 34.8 Å². The number of fused-ring (bicyclic) bond motifs is 3. The van der Waals surface area contributed by atoms with Gasteiger partial charge in [-0.2, -0.15) is 0 Å². The quantitative estimate of drug-likeness (QED) is 0.169. The third kappa shape index (κ3) is 5.50. The highest BCUT2D eigenvalue weighted by molar-refractivity contribution is 7.07. The Labute approximate surface area is 285 Å². The molecule has 0 unspecified atom stereocenters. The zero-order valence-electron chi connectivity index (χ0n) is 26.5. The van der Waals surface area contributed by atoms with E-state index in [0.29, 0.717) is 32.7 Å². The summed E-state index contributed by atoms with van der Waals surface area (Å²) in [7, 11) is 0. The summed E-state index contributed by atoms with van der Waals surface area (Å²) in [6.07, 6.45) is 3.99. The molecule has 3 heterocycles. The number of aromatic nitrogens is 2. The van der Waals surface area contributed by atoms with Crippen LogP contribution in [0.2, 0.25) is 0 Å². The van der Waals surface area contributed by atoms with Gasteiger partial charge in [-0.25, -0.2) is 14.2 Å². The fraction of sp³-hybridized carbons (Fsp3) is 0.0976. The summed E-state index contributed by atoms with van der Waals surface area (Å²) in [5.41, 5.74) is 4.79. The molecule has 0 bridgehead atoms. The molecule has 1 aliphatic heterocycles. The van der Waals surface area contributed by atoms with Crippen molar-refractivity contribution in [1.82, 2.24) is 9.13 Å². The second-order valence-corrected chi connectivity index (χ2v) is 12.9. The van der Waals surface area contributed by atoms with Crippen LogP contribution in [0.5, 0.6) is 0 Å². The molecule has 8 heteroatoms. The van der Waals surface area contributed by atoms with Gasteiger partial charge >= 0.3 is 5.97 Å². The highest BCUT2D eigenvalue weighted by Crippen LogP contribution is 2.35. The smallest absolute Gasteiger partial charge is 0.338 e. The Morgan fingerprint density at radius 3 is 2.39 bits per heavy atom. The van der Waals surface area contributed by atoms with Crippen LogP contribution in [0.3, 0.4) is 0 Å². The van der Waals surface area contributed by atoms with Gasteiger partial charge in [-0.1, -0.05) is 114 Å². The van der Waals surface area contributed by atoms with Crippen LogP contribution in [0, 0.1) is 5.82 Å². The van der Waals surface area contributed by atoms with Crippen molar-refractivity contribution in [3.63, 3.8) is 0 Å². The van der Waals surface area contributed by atoms with Crippen molar-refractivity contribution in [3.05, 3.63) is 181 Å². The molecular weight excluding hydrogens is 634 g/mol. The number of carbonyl (C=O) groups excluding carboxylic acids is 1.